The van der Waals surface area contributed by atoms with Gasteiger partial charge in [-0.25, -0.2) is 0 Å². The Hall–Kier alpha value is -3.36. The SMILES string of the molecule is COc1ccccc1OCC(=O)NCCCCn1cc([N+](=O)[O-])ccc1=O. The van der Waals surface area contributed by atoms with E-state index in [1.165, 1.54) is 30.0 Å². The van der Waals surface area contributed by atoms with E-state index < -0.39 is 4.92 Å². The van der Waals surface area contributed by atoms with E-state index in [0.717, 1.165) is 0 Å². The number of ether oxygens (including phenoxy) is 2. The van der Waals surface area contributed by atoms with E-state index in [2.05, 4.69) is 5.32 Å². The second-order valence-electron chi connectivity index (χ2n) is 5.67. The molecule has 9 heteroatoms. The summed E-state index contributed by atoms with van der Waals surface area (Å²) in [6.07, 6.45) is 2.44. The van der Waals surface area contributed by atoms with Gasteiger partial charge in [0, 0.05) is 25.2 Å². The topological polar surface area (TPSA) is 113 Å². The number of carbonyl (C=O) groups excluding carboxylic acids is 1. The summed E-state index contributed by atoms with van der Waals surface area (Å²) in [7, 11) is 1.52. The number of nitrogens with zero attached hydrogens (tertiary/aromatic N) is 2. The van der Waals surface area contributed by atoms with Gasteiger partial charge < -0.3 is 19.4 Å². The Balaban J connectivity index is 1.69. The van der Waals surface area contributed by atoms with Crippen molar-refractivity contribution in [2.75, 3.05) is 20.3 Å². The third-order valence-electron chi connectivity index (χ3n) is 3.75. The number of benzene rings is 1. The molecule has 0 aliphatic heterocycles. The number of para-hydroxylation sites is 2. The first-order valence-corrected chi connectivity index (χ1v) is 8.38. The fourth-order valence-electron chi connectivity index (χ4n) is 2.37. The highest BCUT2D eigenvalue weighted by atomic mass is 16.6. The molecule has 27 heavy (non-hydrogen) atoms. The molecule has 0 unspecified atom stereocenters. The normalized spacial score (nSPS) is 10.3. The molecule has 0 spiro atoms. The first-order chi connectivity index (χ1) is 13.0. The van der Waals surface area contributed by atoms with Crippen molar-refractivity contribution in [3.8, 4) is 11.5 Å². The lowest BCUT2D eigenvalue weighted by Crippen LogP contribution is -2.30. The predicted octanol–water partition coefficient (Wildman–Crippen LogP) is 1.74. The van der Waals surface area contributed by atoms with Crippen LogP contribution in [0.5, 0.6) is 11.5 Å². The van der Waals surface area contributed by atoms with E-state index in [1.54, 1.807) is 24.3 Å². The summed E-state index contributed by atoms with van der Waals surface area (Å²) in [5.74, 6) is 0.765. The number of aromatic nitrogens is 1. The maximum atomic E-state index is 11.8. The maximum Gasteiger partial charge on any atom is 0.285 e. The van der Waals surface area contributed by atoms with Crippen LogP contribution in [-0.2, 0) is 11.3 Å². The molecule has 0 aliphatic carbocycles. The number of hydrogen-bond acceptors (Lipinski definition) is 6. The fraction of sp³-hybridized carbons (Fsp3) is 0.333. The number of pyridine rings is 1. The lowest BCUT2D eigenvalue weighted by Gasteiger charge is -2.10. The Kier molecular flexibility index (Phi) is 7.36. The minimum absolute atomic E-state index is 0.128. The summed E-state index contributed by atoms with van der Waals surface area (Å²) in [5.41, 5.74) is -0.425. The lowest BCUT2D eigenvalue weighted by atomic mass is 10.3. The van der Waals surface area contributed by atoms with Gasteiger partial charge in [-0.1, -0.05) is 12.1 Å². The van der Waals surface area contributed by atoms with Crippen LogP contribution in [0.25, 0.3) is 0 Å². The lowest BCUT2D eigenvalue weighted by molar-refractivity contribution is -0.385. The Bertz CT molecular complexity index is 849. The van der Waals surface area contributed by atoms with Gasteiger partial charge in [-0.2, -0.15) is 0 Å². The molecule has 144 valence electrons. The molecular weight excluding hydrogens is 354 g/mol. The summed E-state index contributed by atoms with van der Waals surface area (Å²) in [4.78, 5) is 33.7. The van der Waals surface area contributed by atoms with Crippen LogP contribution in [0.15, 0.2) is 47.4 Å². The van der Waals surface area contributed by atoms with Crippen molar-refractivity contribution in [2.24, 2.45) is 0 Å². The molecule has 0 saturated carbocycles. The highest BCUT2D eigenvalue weighted by Crippen LogP contribution is 2.25. The molecule has 1 aromatic carbocycles. The number of carbonyl (C=O) groups is 1. The van der Waals surface area contributed by atoms with Crippen LogP contribution in [0.1, 0.15) is 12.8 Å². The zero-order valence-corrected chi connectivity index (χ0v) is 14.9. The minimum Gasteiger partial charge on any atom is -0.493 e. The van der Waals surface area contributed by atoms with Crippen LogP contribution in [0.4, 0.5) is 5.69 Å². The highest BCUT2D eigenvalue weighted by Gasteiger charge is 2.08. The molecule has 0 aliphatic rings. The largest absolute Gasteiger partial charge is 0.493 e. The number of unbranched alkanes of at least 4 members (excludes halogenated alkanes) is 1. The first-order valence-electron chi connectivity index (χ1n) is 8.38. The van der Waals surface area contributed by atoms with Gasteiger partial charge in [-0.15, -0.1) is 0 Å². The van der Waals surface area contributed by atoms with Gasteiger partial charge in [0.2, 0.25) is 0 Å². The molecule has 1 N–H and O–H groups in total. The van der Waals surface area contributed by atoms with E-state index in [1.807, 2.05) is 0 Å². The molecule has 0 saturated heterocycles. The van der Waals surface area contributed by atoms with E-state index in [0.29, 0.717) is 37.4 Å². The van der Waals surface area contributed by atoms with Gasteiger partial charge >= 0.3 is 0 Å². The Morgan fingerprint density at radius 3 is 2.63 bits per heavy atom. The number of nitrogens with one attached hydrogen (secondary N) is 1. The molecule has 0 bridgehead atoms. The van der Waals surface area contributed by atoms with E-state index >= 15 is 0 Å². The average molecular weight is 375 g/mol. The van der Waals surface area contributed by atoms with Crippen LogP contribution in [0.3, 0.4) is 0 Å². The van der Waals surface area contributed by atoms with Crippen LogP contribution < -0.4 is 20.3 Å². The quantitative estimate of drug-likeness (QED) is 0.384. The van der Waals surface area contributed by atoms with Crippen LogP contribution in [0.2, 0.25) is 0 Å². The Labute approximate surface area is 155 Å². The van der Waals surface area contributed by atoms with Crippen molar-refractivity contribution in [1.82, 2.24) is 9.88 Å². The Morgan fingerprint density at radius 2 is 1.93 bits per heavy atom. The first kappa shape index (κ1) is 20.0. The molecule has 2 aromatic rings. The second-order valence-corrected chi connectivity index (χ2v) is 5.67. The molecule has 0 atom stereocenters. The fourth-order valence-corrected chi connectivity index (χ4v) is 2.37. The maximum absolute atomic E-state index is 11.8. The molecule has 2 rings (SSSR count). The molecule has 0 radical (unpaired) electrons. The number of amides is 1. The van der Waals surface area contributed by atoms with Gasteiger partial charge in [-0.3, -0.25) is 19.7 Å². The smallest absolute Gasteiger partial charge is 0.285 e. The minimum atomic E-state index is -0.544. The van der Waals surface area contributed by atoms with Crippen molar-refractivity contribution < 1.29 is 19.2 Å². The average Bonchev–Trinajstić information content (AvgIpc) is 2.67. The molecule has 9 nitrogen and oxygen atoms in total. The summed E-state index contributed by atoms with van der Waals surface area (Å²) < 4.78 is 11.9. The summed E-state index contributed by atoms with van der Waals surface area (Å²) in [5, 5.41) is 13.5. The van der Waals surface area contributed by atoms with Gasteiger partial charge in [-0.05, 0) is 25.0 Å². The van der Waals surface area contributed by atoms with E-state index in [9.17, 15) is 19.7 Å². The Morgan fingerprint density at radius 1 is 1.19 bits per heavy atom. The molecule has 1 aromatic heterocycles. The zero-order valence-electron chi connectivity index (χ0n) is 14.9. The van der Waals surface area contributed by atoms with Crippen molar-refractivity contribution in [2.45, 2.75) is 19.4 Å². The van der Waals surface area contributed by atoms with E-state index in [4.69, 9.17) is 9.47 Å². The van der Waals surface area contributed by atoms with Gasteiger partial charge in [0.05, 0.1) is 18.2 Å². The van der Waals surface area contributed by atoms with Crippen molar-refractivity contribution in [3.05, 3.63) is 63.1 Å². The van der Waals surface area contributed by atoms with Gasteiger partial charge in [0.25, 0.3) is 17.2 Å². The third-order valence-corrected chi connectivity index (χ3v) is 3.75. The predicted molar refractivity (Wildman–Crippen MR) is 98.1 cm³/mol. The highest BCUT2D eigenvalue weighted by molar-refractivity contribution is 5.77. The molecular formula is C18H21N3O6. The number of methoxy groups -OCH3 is 1. The number of hydrogen-bond donors (Lipinski definition) is 1. The van der Waals surface area contributed by atoms with Crippen molar-refractivity contribution >= 4 is 11.6 Å². The van der Waals surface area contributed by atoms with Crippen molar-refractivity contribution in [3.63, 3.8) is 0 Å². The monoisotopic (exact) mass is 375 g/mol. The second kappa shape index (κ2) is 9.95. The van der Waals surface area contributed by atoms with Crippen LogP contribution >= 0.6 is 0 Å². The standard InChI is InChI=1S/C18H21N3O6/c1-26-15-6-2-3-7-16(15)27-13-17(22)19-10-4-5-11-20-12-14(21(24)25)8-9-18(20)23/h2-3,6-9,12H,4-5,10-11,13H2,1H3,(H,19,22). The molecule has 1 amide bonds. The molecule has 1 heterocycles. The number of aryl methyl sites for hydroxylation is 1. The van der Waals surface area contributed by atoms with Gasteiger partial charge in [0.15, 0.2) is 18.1 Å². The van der Waals surface area contributed by atoms with Gasteiger partial charge in [0.1, 0.15) is 0 Å². The zero-order chi connectivity index (χ0) is 19.6. The number of nitro groups is 1. The summed E-state index contributed by atoms with van der Waals surface area (Å²) in [6, 6.07) is 9.39. The van der Waals surface area contributed by atoms with Crippen LogP contribution in [-0.4, -0.2) is 35.7 Å². The third kappa shape index (κ3) is 6.14. The molecule has 0 fully saturated rings. The van der Waals surface area contributed by atoms with Crippen molar-refractivity contribution in [1.29, 1.82) is 0 Å². The number of rotatable bonds is 10. The summed E-state index contributed by atoms with van der Waals surface area (Å²) in [6.45, 7) is 0.622. The van der Waals surface area contributed by atoms with Crippen LogP contribution in [0, 0.1) is 10.1 Å². The summed E-state index contributed by atoms with van der Waals surface area (Å²) >= 11 is 0. The van der Waals surface area contributed by atoms with E-state index in [-0.39, 0.29) is 23.8 Å².